The number of carbonyl (C=O) groups is 3. The summed E-state index contributed by atoms with van der Waals surface area (Å²) in [5.41, 5.74) is 11.3. The summed E-state index contributed by atoms with van der Waals surface area (Å²) >= 11 is 0. The first-order valence-corrected chi connectivity index (χ1v) is 5.89. The summed E-state index contributed by atoms with van der Waals surface area (Å²) in [6.07, 6.45) is 0.377. The molecule has 0 aromatic heterocycles. The van der Waals surface area contributed by atoms with Crippen LogP contribution in [0.1, 0.15) is 12.5 Å². The van der Waals surface area contributed by atoms with Crippen molar-refractivity contribution in [1.82, 2.24) is 5.32 Å². The lowest BCUT2D eigenvalue weighted by Crippen LogP contribution is -2.47. The van der Waals surface area contributed by atoms with Crippen LogP contribution in [0.15, 0.2) is 30.3 Å². The quantitative estimate of drug-likeness (QED) is 0.563. The second-order valence-electron chi connectivity index (χ2n) is 3.94. The zero-order valence-corrected chi connectivity index (χ0v) is 11.2. The number of primary amides is 1. The maximum absolute atomic E-state index is 11.1. The van der Waals surface area contributed by atoms with Gasteiger partial charge in [-0.05, 0) is 5.56 Å². The van der Waals surface area contributed by atoms with Gasteiger partial charge >= 0.3 is 0 Å². The molecule has 0 bridgehead atoms. The summed E-state index contributed by atoms with van der Waals surface area (Å²) in [6.45, 7) is 0.929. The average molecular weight is 281 g/mol. The normalized spacial score (nSPS) is 10.7. The lowest BCUT2D eigenvalue weighted by molar-refractivity contribution is -0.134. The third-order valence-corrected chi connectivity index (χ3v) is 2.15. The maximum atomic E-state index is 11.1. The highest BCUT2D eigenvalue weighted by molar-refractivity contribution is 5.87. The van der Waals surface area contributed by atoms with Crippen molar-refractivity contribution in [2.45, 2.75) is 19.4 Å². The Bertz CT molecular complexity index is 444. The molecule has 1 rings (SSSR count). The minimum absolute atomic E-state index is 0.154. The molecule has 0 saturated heterocycles. The Morgan fingerprint density at radius 2 is 1.75 bits per heavy atom. The number of hydrogen-bond acceptors (Lipinski definition) is 4. The number of aliphatic carboxylic acids is 1. The predicted octanol–water partition coefficient (Wildman–Crippen LogP) is -0.751. The Kier molecular flexibility index (Phi) is 8.36. The van der Waals surface area contributed by atoms with Crippen LogP contribution in [-0.2, 0) is 20.8 Å². The molecule has 20 heavy (non-hydrogen) atoms. The van der Waals surface area contributed by atoms with Gasteiger partial charge in [0.05, 0.1) is 6.54 Å². The van der Waals surface area contributed by atoms with E-state index >= 15 is 0 Å². The zero-order chi connectivity index (χ0) is 15.5. The molecular weight excluding hydrogens is 262 g/mol. The first-order valence-electron chi connectivity index (χ1n) is 5.89. The standard InChI is InChI=1S/C11H15N3O2.C2H4O2/c12-7-10(15)14-9(11(13)16)6-8-4-2-1-3-5-8;1-2(3)4/h1-5,9H,6-7,12H2,(H2,13,16)(H,14,15);1H3,(H,3,4)/t9-;/m1./s1. The molecule has 0 aliphatic heterocycles. The summed E-state index contributed by atoms with van der Waals surface area (Å²) in [6, 6.07) is 8.62. The Labute approximate surface area is 117 Å². The van der Waals surface area contributed by atoms with Gasteiger partial charge in [-0.3, -0.25) is 14.4 Å². The SMILES string of the molecule is CC(=O)O.NCC(=O)N[C@H](Cc1ccccc1)C(N)=O. The molecule has 110 valence electrons. The summed E-state index contributed by atoms with van der Waals surface area (Å²) in [4.78, 5) is 31.2. The van der Waals surface area contributed by atoms with E-state index in [4.69, 9.17) is 21.4 Å². The largest absolute Gasteiger partial charge is 0.481 e. The van der Waals surface area contributed by atoms with Gasteiger partial charge in [-0.15, -0.1) is 0 Å². The van der Waals surface area contributed by atoms with Gasteiger partial charge in [0.2, 0.25) is 11.8 Å². The number of hydrogen-bond donors (Lipinski definition) is 4. The van der Waals surface area contributed by atoms with Crippen LogP contribution in [0.25, 0.3) is 0 Å². The van der Waals surface area contributed by atoms with Crippen molar-refractivity contribution in [3.63, 3.8) is 0 Å². The highest BCUT2D eigenvalue weighted by Gasteiger charge is 2.17. The third kappa shape index (κ3) is 8.65. The summed E-state index contributed by atoms with van der Waals surface area (Å²) in [7, 11) is 0. The number of carboxylic acids is 1. The summed E-state index contributed by atoms with van der Waals surface area (Å²) in [5.74, 6) is -1.79. The van der Waals surface area contributed by atoms with Crippen molar-refractivity contribution in [3.05, 3.63) is 35.9 Å². The van der Waals surface area contributed by atoms with Crippen LogP contribution < -0.4 is 16.8 Å². The van der Waals surface area contributed by atoms with E-state index in [9.17, 15) is 9.59 Å². The van der Waals surface area contributed by atoms with Crippen LogP contribution in [0.3, 0.4) is 0 Å². The Morgan fingerprint density at radius 3 is 2.15 bits per heavy atom. The second kappa shape index (κ2) is 9.51. The van der Waals surface area contributed by atoms with Gasteiger partial charge in [-0.2, -0.15) is 0 Å². The van der Waals surface area contributed by atoms with Crippen molar-refractivity contribution in [3.8, 4) is 0 Å². The van der Waals surface area contributed by atoms with Crippen LogP contribution in [0.5, 0.6) is 0 Å². The van der Waals surface area contributed by atoms with Crippen molar-refractivity contribution < 1.29 is 19.5 Å². The molecule has 0 spiro atoms. The first-order chi connectivity index (χ1) is 9.36. The lowest BCUT2D eigenvalue weighted by atomic mass is 10.1. The first kappa shape index (κ1) is 17.6. The Morgan fingerprint density at radius 1 is 1.25 bits per heavy atom. The molecule has 0 heterocycles. The molecule has 0 saturated carbocycles. The monoisotopic (exact) mass is 281 g/mol. The fourth-order valence-corrected chi connectivity index (χ4v) is 1.33. The van der Waals surface area contributed by atoms with Crippen molar-refractivity contribution in [2.24, 2.45) is 11.5 Å². The summed E-state index contributed by atoms with van der Waals surface area (Å²) < 4.78 is 0. The fourth-order valence-electron chi connectivity index (χ4n) is 1.33. The van der Waals surface area contributed by atoms with E-state index in [0.717, 1.165) is 12.5 Å². The van der Waals surface area contributed by atoms with Crippen molar-refractivity contribution in [1.29, 1.82) is 0 Å². The smallest absolute Gasteiger partial charge is 0.300 e. The van der Waals surface area contributed by atoms with E-state index < -0.39 is 17.9 Å². The Hall–Kier alpha value is -2.41. The molecule has 7 heteroatoms. The molecule has 0 unspecified atom stereocenters. The van der Waals surface area contributed by atoms with E-state index in [2.05, 4.69) is 5.32 Å². The van der Waals surface area contributed by atoms with Crippen LogP contribution in [-0.4, -0.2) is 35.5 Å². The van der Waals surface area contributed by atoms with Gasteiger partial charge in [0.25, 0.3) is 5.97 Å². The van der Waals surface area contributed by atoms with Crippen LogP contribution >= 0.6 is 0 Å². The zero-order valence-electron chi connectivity index (χ0n) is 11.2. The van der Waals surface area contributed by atoms with Gasteiger partial charge in [0.1, 0.15) is 6.04 Å². The molecule has 7 nitrogen and oxygen atoms in total. The van der Waals surface area contributed by atoms with E-state index in [0.29, 0.717) is 6.42 Å². The minimum atomic E-state index is -0.833. The minimum Gasteiger partial charge on any atom is -0.481 e. The Balaban J connectivity index is 0.000000796. The lowest BCUT2D eigenvalue weighted by Gasteiger charge is -2.14. The van der Waals surface area contributed by atoms with Gasteiger partial charge < -0.3 is 21.9 Å². The number of rotatable bonds is 5. The van der Waals surface area contributed by atoms with E-state index in [1.165, 1.54) is 0 Å². The molecule has 0 radical (unpaired) electrons. The van der Waals surface area contributed by atoms with Crippen LogP contribution in [0.2, 0.25) is 0 Å². The van der Waals surface area contributed by atoms with Crippen LogP contribution in [0.4, 0.5) is 0 Å². The van der Waals surface area contributed by atoms with Crippen molar-refractivity contribution in [2.75, 3.05) is 6.54 Å². The highest BCUT2D eigenvalue weighted by atomic mass is 16.4. The molecule has 2 amide bonds. The fraction of sp³-hybridized carbons (Fsp3) is 0.308. The number of carboxylic acid groups (broad SMARTS) is 1. The van der Waals surface area contributed by atoms with Gasteiger partial charge in [-0.1, -0.05) is 30.3 Å². The molecule has 0 aliphatic rings. The van der Waals surface area contributed by atoms with Gasteiger partial charge in [-0.25, -0.2) is 0 Å². The molecule has 1 aromatic rings. The van der Waals surface area contributed by atoms with Crippen LogP contribution in [0, 0.1) is 0 Å². The van der Waals surface area contributed by atoms with E-state index in [1.807, 2.05) is 30.3 Å². The maximum Gasteiger partial charge on any atom is 0.300 e. The molecular formula is C13H19N3O4. The highest BCUT2D eigenvalue weighted by Crippen LogP contribution is 2.02. The second-order valence-corrected chi connectivity index (χ2v) is 3.94. The van der Waals surface area contributed by atoms with Gasteiger partial charge in [0, 0.05) is 13.3 Å². The topological polar surface area (TPSA) is 136 Å². The van der Waals surface area contributed by atoms with Crippen molar-refractivity contribution >= 4 is 17.8 Å². The number of carbonyl (C=O) groups excluding carboxylic acids is 2. The molecule has 1 atom stereocenters. The number of nitrogens with two attached hydrogens (primary N) is 2. The number of amides is 2. The van der Waals surface area contributed by atoms with Gasteiger partial charge in [0.15, 0.2) is 0 Å². The molecule has 0 fully saturated rings. The molecule has 6 N–H and O–H groups in total. The van der Waals surface area contributed by atoms with E-state index in [-0.39, 0.29) is 12.5 Å². The molecule has 0 aliphatic carbocycles. The van der Waals surface area contributed by atoms with E-state index in [1.54, 1.807) is 0 Å². The third-order valence-electron chi connectivity index (χ3n) is 2.15. The number of benzene rings is 1. The predicted molar refractivity (Wildman–Crippen MR) is 73.6 cm³/mol. The molecule has 1 aromatic carbocycles. The summed E-state index contributed by atoms with van der Waals surface area (Å²) in [5, 5.41) is 9.89. The average Bonchev–Trinajstić information content (AvgIpc) is 2.38. The number of nitrogens with one attached hydrogen (secondary N) is 1.